The van der Waals surface area contributed by atoms with Gasteiger partial charge >= 0.3 is 6.18 Å². The van der Waals surface area contributed by atoms with E-state index < -0.39 is 23.0 Å². The Bertz CT molecular complexity index is 1410. The molecule has 0 radical (unpaired) electrons. The normalized spacial score (nSPS) is 17.2. The smallest absolute Gasteiger partial charge is 0.282 e. The number of benzene rings is 2. The third-order valence-electron chi connectivity index (χ3n) is 4.88. The van der Waals surface area contributed by atoms with Crippen LogP contribution in [0, 0.1) is 5.41 Å². The van der Waals surface area contributed by atoms with Gasteiger partial charge in [0.15, 0.2) is 5.84 Å². The Hall–Kier alpha value is -3.70. The average molecular weight is 501 g/mol. The molecule has 3 aromatic rings. The maximum Gasteiger partial charge on any atom is 0.441 e. The number of hydrazone groups is 1. The molecule has 0 fully saturated rings. The molecule has 7 nitrogen and oxygen atoms in total. The first-order chi connectivity index (χ1) is 16.2. The lowest BCUT2D eigenvalue weighted by molar-refractivity contribution is -0.114. The molecule has 2 aliphatic heterocycles. The van der Waals surface area contributed by atoms with Gasteiger partial charge in [0.1, 0.15) is 0 Å². The average Bonchev–Trinajstić information content (AvgIpc) is 3.42. The van der Waals surface area contributed by atoms with Gasteiger partial charge in [-0.1, -0.05) is 41.9 Å². The minimum absolute atomic E-state index is 0.203. The number of thioether (sulfide) groups is 1. The summed E-state index contributed by atoms with van der Waals surface area (Å²) in [6, 6.07) is 16.1. The van der Waals surface area contributed by atoms with Crippen LogP contribution in [0.2, 0.25) is 5.02 Å². The molecule has 2 aliphatic rings. The molecule has 3 heterocycles. The molecule has 0 spiro atoms. The molecular weight excluding hydrogens is 489 g/mol. The molecule has 170 valence electrons. The first-order valence-electron chi connectivity index (χ1n) is 9.69. The van der Waals surface area contributed by atoms with Gasteiger partial charge in [-0.25, -0.2) is 4.68 Å². The van der Waals surface area contributed by atoms with Crippen molar-refractivity contribution >= 4 is 51.4 Å². The topological polar surface area (TPSA) is 86.7 Å². The van der Waals surface area contributed by atoms with Crippen molar-refractivity contribution < 1.29 is 18.0 Å². The van der Waals surface area contributed by atoms with E-state index in [-0.39, 0.29) is 22.5 Å². The number of aliphatic imine (C=N–C) groups is 1. The van der Waals surface area contributed by atoms with Gasteiger partial charge in [0.25, 0.3) is 5.91 Å². The summed E-state index contributed by atoms with van der Waals surface area (Å²) in [5.41, 5.74) is 2.19. The fraction of sp³-hybridized carbons (Fsp3) is 0.0455. The second-order valence-electron chi connectivity index (χ2n) is 7.14. The maximum absolute atomic E-state index is 13.1. The quantitative estimate of drug-likeness (QED) is 0.489. The Labute approximate surface area is 199 Å². The van der Waals surface area contributed by atoms with Crippen molar-refractivity contribution in [3.05, 3.63) is 77.0 Å². The largest absolute Gasteiger partial charge is 0.441 e. The highest BCUT2D eigenvalue weighted by Gasteiger charge is 2.46. The molecule has 1 amide bonds. The zero-order valence-electron chi connectivity index (χ0n) is 16.9. The van der Waals surface area contributed by atoms with Crippen LogP contribution in [-0.4, -0.2) is 42.9 Å². The van der Waals surface area contributed by atoms with Crippen molar-refractivity contribution in [2.75, 3.05) is 0 Å². The third kappa shape index (κ3) is 4.03. The number of halogens is 4. The van der Waals surface area contributed by atoms with Gasteiger partial charge in [0.2, 0.25) is 10.2 Å². The predicted octanol–water partition coefficient (Wildman–Crippen LogP) is 5.37. The molecular formula is C22H12ClF3N6OS. The number of para-hydroxylation sites is 1. The lowest BCUT2D eigenvalue weighted by Crippen LogP contribution is -2.35. The maximum atomic E-state index is 13.1. The molecule has 34 heavy (non-hydrogen) atoms. The fourth-order valence-corrected chi connectivity index (χ4v) is 4.18. The van der Waals surface area contributed by atoms with E-state index in [0.717, 1.165) is 5.69 Å². The molecule has 0 unspecified atom stereocenters. The van der Waals surface area contributed by atoms with Crippen LogP contribution in [0.4, 0.5) is 13.2 Å². The predicted molar refractivity (Wildman–Crippen MR) is 125 cm³/mol. The third-order valence-corrected chi connectivity index (χ3v) is 6.08. The highest BCUT2D eigenvalue weighted by Crippen LogP contribution is 2.36. The minimum Gasteiger partial charge on any atom is -0.282 e. The summed E-state index contributed by atoms with van der Waals surface area (Å²) in [7, 11) is 0. The van der Waals surface area contributed by atoms with Crippen molar-refractivity contribution in [1.29, 1.82) is 5.41 Å². The number of aromatic nitrogens is 2. The molecule has 2 aromatic carbocycles. The van der Waals surface area contributed by atoms with Crippen LogP contribution in [0.25, 0.3) is 23.0 Å². The number of rotatable bonds is 3. The monoisotopic (exact) mass is 500 g/mol. The number of amidine groups is 2. The Morgan fingerprint density at radius 1 is 1.06 bits per heavy atom. The van der Waals surface area contributed by atoms with E-state index >= 15 is 0 Å². The Kier molecular flexibility index (Phi) is 5.37. The summed E-state index contributed by atoms with van der Waals surface area (Å²) in [6.07, 6.45) is -1.67. The van der Waals surface area contributed by atoms with Crippen LogP contribution in [0.3, 0.4) is 0 Å². The highest BCUT2D eigenvalue weighted by atomic mass is 35.5. The number of nitrogens with one attached hydrogen (secondary N) is 1. The van der Waals surface area contributed by atoms with E-state index in [9.17, 15) is 18.0 Å². The first kappa shape index (κ1) is 22.1. The van der Waals surface area contributed by atoms with Gasteiger partial charge in [-0.15, -0.1) is 0 Å². The number of fused-ring (bicyclic) bond motifs is 1. The zero-order valence-corrected chi connectivity index (χ0v) is 18.5. The van der Waals surface area contributed by atoms with Crippen molar-refractivity contribution in [1.82, 2.24) is 14.8 Å². The van der Waals surface area contributed by atoms with E-state index in [1.54, 1.807) is 35.1 Å². The summed E-state index contributed by atoms with van der Waals surface area (Å²) in [5, 5.41) is 16.1. The van der Waals surface area contributed by atoms with Crippen molar-refractivity contribution in [3.8, 4) is 16.9 Å². The number of carbonyl (C=O) groups is 1. The van der Waals surface area contributed by atoms with Gasteiger partial charge in [-0.3, -0.25) is 10.2 Å². The SMILES string of the molecule is N=C1/C(=C/c2cn(-c3ccccc3)nc2-c2ccc(Cl)cc2)C(=O)N=C2SC(C(F)(F)F)=NN12. The Balaban J connectivity index is 1.61. The number of carbonyl (C=O) groups excluding carboxylic acids is 1. The molecule has 0 saturated heterocycles. The summed E-state index contributed by atoms with van der Waals surface area (Å²) < 4.78 is 40.8. The van der Waals surface area contributed by atoms with Crippen LogP contribution in [0.15, 0.2) is 76.5 Å². The molecule has 0 atom stereocenters. The second-order valence-corrected chi connectivity index (χ2v) is 8.54. The first-order valence-corrected chi connectivity index (χ1v) is 10.9. The molecule has 5 rings (SSSR count). The standard InChI is InChI=1S/C22H12ClF3N6OS/c23-14-8-6-12(7-9-14)17-13(11-31(29-17)15-4-2-1-3-5-15)10-16-18(27)32-21(28-19(16)33)34-20(30-32)22(24,25)26/h1-11,27H/b16-10-,27-18?. The molecule has 0 saturated carbocycles. The Morgan fingerprint density at radius 2 is 1.76 bits per heavy atom. The van der Waals surface area contributed by atoms with Gasteiger partial charge in [0, 0.05) is 22.3 Å². The van der Waals surface area contributed by atoms with Crippen LogP contribution in [-0.2, 0) is 4.79 Å². The van der Waals surface area contributed by atoms with Gasteiger partial charge < -0.3 is 0 Å². The van der Waals surface area contributed by atoms with Crippen molar-refractivity contribution in [2.24, 2.45) is 10.1 Å². The minimum atomic E-state index is -4.71. The van der Waals surface area contributed by atoms with Crippen LogP contribution >= 0.6 is 23.4 Å². The molecule has 0 bridgehead atoms. The second kappa shape index (κ2) is 8.26. The molecule has 0 aliphatic carbocycles. The fourth-order valence-electron chi connectivity index (χ4n) is 3.30. The summed E-state index contributed by atoms with van der Waals surface area (Å²) in [4.78, 5) is 16.4. The van der Waals surface area contributed by atoms with Gasteiger partial charge in [-0.05, 0) is 42.1 Å². The highest BCUT2D eigenvalue weighted by molar-refractivity contribution is 8.27. The summed E-state index contributed by atoms with van der Waals surface area (Å²) in [6.45, 7) is 0. The van der Waals surface area contributed by atoms with Gasteiger partial charge in [-0.2, -0.15) is 33.4 Å². The number of nitrogens with zero attached hydrogens (tertiary/aromatic N) is 5. The van der Waals surface area contributed by atoms with E-state index in [1.807, 2.05) is 30.3 Å². The van der Waals surface area contributed by atoms with Crippen LogP contribution in [0.5, 0.6) is 0 Å². The number of alkyl halides is 3. The van der Waals surface area contributed by atoms with E-state index in [0.29, 0.717) is 26.9 Å². The van der Waals surface area contributed by atoms with E-state index in [1.165, 1.54) is 6.08 Å². The molecule has 1 aromatic heterocycles. The molecule has 1 N–H and O–H groups in total. The van der Waals surface area contributed by atoms with E-state index in [2.05, 4.69) is 15.2 Å². The lowest BCUT2D eigenvalue weighted by Gasteiger charge is -2.20. The van der Waals surface area contributed by atoms with E-state index in [4.69, 9.17) is 17.0 Å². The number of hydrogen-bond donors (Lipinski definition) is 1. The molecule has 12 heteroatoms. The van der Waals surface area contributed by atoms with Gasteiger partial charge in [0.05, 0.1) is 17.0 Å². The summed E-state index contributed by atoms with van der Waals surface area (Å²) in [5.74, 6) is -1.34. The number of hydrogen-bond acceptors (Lipinski definition) is 5. The summed E-state index contributed by atoms with van der Waals surface area (Å²) >= 11 is 6.21. The van der Waals surface area contributed by atoms with Crippen molar-refractivity contribution in [3.63, 3.8) is 0 Å². The Morgan fingerprint density at radius 3 is 2.44 bits per heavy atom. The number of amides is 1. The zero-order chi connectivity index (χ0) is 24.0. The van der Waals surface area contributed by atoms with Crippen LogP contribution in [0.1, 0.15) is 5.56 Å². The lowest BCUT2D eigenvalue weighted by atomic mass is 10.0. The van der Waals surface area contributed by atoms with Crippen LogP contribution < -0.4 is 0 Å². The van der Waals surface area contributed by atoms with Crippen molar-refractivity contribution in [2.45, 2.75) is 6.18 Å².